The summed E-state index contributed by atoms with van der Waals surface area (Å²) in [6.45, 7) is -2.82. The van der Waals surface area contributed by atoms with E-state index in [1.54, 1.807) is 23.5 Å². The Morgan fingerprint density at radius 3 is 2.47 bits per heavy atom. The average Bonchev–Trinajstić information content (AvgIpc) is 2.89. The van der Waals surface area contributed by atoms with Gasteiger partial charge in [0.05, 0.1) is 6.10 Å². The number of halogens is 2. The second-order valence-electron chi connectivity index (χ2n) is 4.08. The Morgan fingerprint density at radius 2 is 1.89 bits per heavy atom. The lowest BCUT2D eigenvalue weighted by Gasteiger charge is -2.11. The second-order valence-corrected chi connectivity index (χ2v) is 5.11. The molecule has 0 aliphatic rings. The highest BCUT2D eigenvalue weighted by atomic mass is 32.1. The molecular formula is C14H14F2O2S. The van der Waals surface area contributed by atoms with Crippen LogP contribution in [0.2, 0.25) is 0 Å². The van der Waals surface area contributed by atoms with Gasteiger partial charge in [-0.05, 0) is 42.0 Å². The Balaban J connectivity index is 1.90. The zero-order valence-corrected chi connectivity index (χ0v) is 10.9. The third-order valence-electron chi connectivity index (χ3n) is 2.73. The molecule has 0 saturated heterocycles. The van der Waals surface area contributed by atoms with E-state index in [0.717, 1.165) is 6.42 Å². The summed E-state index contributed by atoms with van der Waals surface area (Å²) in [4.78, 5) is 1.22. The second kappa shape index (κ2) is 6.63. The van der Waals surface area contributed by atoms with Crippen LogP contribution in [0, 0.1) is 0 Å². The molecule has 0 aliphatic heterocycles. The number of ether oxygens (including phenoxy) is 1. The van der Waals surface area contributed by atoms with Crippen molar-refractivity contribution in [3.05, 3.63) is 52.2 Å². The van der Waals surface area contributed by atoms with Gasteiger partial charge in [0.15, 0.2) is 0 Å². The van der Waals surface area contributed by atoms with Crippen LogP contribution >= 0.6 is 11.3 Å². The van der Waals surface area contributed by atoms with Crippen LogP contribution in [0.1, 0.15) is 23.0 Å². The van der Waals surface area contributed by atoms with Crippen LogP contribution < -0.4 is 4.74 Å². The first-order valence-corrected chi connectivity index (χ1v) is 6.78. The highest BCUT2D eigenvalue weighted by Gasteiger charge is 2.09. The Labute approximate surface area is 114 Å². The Bertz CT molecular complexity index is 483. The van der Waals surface area contributed by atoms with Crippen LogP contribution in [0.3, 0.4) is 0 Å². The van der Waals surface area contributed by atoms with Crippen molar-refractivity contribution in [3.63, 3.8) is 0 Å². The van der Waals surface area contributed by atoms with Gasteiger partial charge in [-0.3, -0.25) is 0 Å². The summed E-state index contributed by atoms with van der Waals surface area (Å²) in [6, 6.07) is 10.1. The molecule has 1 aromatic carbocycles. The van der Waals surface area contributed by atoms with E-state index < -0.39 is 12.7 Å². The summed E-state index contributed by atoms with van der Waals surface area (Å²) < 4.78 is 28.2. The minimum atomic E-state index is -2.82. The van der Waals surface area contributed by atoms with Gasteiger partial charge in [0.25, 0.3) is 0 Å². The van der Waals surface area contributed by atoms with Gasteiger partial charge in [0.2, 0.25) is 0 Å². The van der Waals surface area contributed by atoms with Crippen molar-refractivity contribution in [1.29, 1.82) is 0 Å². The summed E-state index contributed by atoms with van der Waals surface area (Å²) >= 11 is 1.65. The molecule has 0 fully saturated rings. The highest BCUT2D eigenvalue weighted by molar-refractivity contribution is 7.09. The molecule has 0 saturated carbocycles. The zero-order chi connectivity index (χ0) is 13.7. The van der Waals surface area contributed by atoms with E-state index in [1.165, 1.54) is 17.0 Å². The summed E-state index contributed by atoms with van der Waals surface area (Å²) in [5.41, 5.74) is 0.707. The normalized spacial score (nSPS) is 12.6. The number of hydrogen-bond donors (Lipinski definition) is 1. The minimum absolute atomic E-state index is 0.101. The molecule has 0 bridgehead atoms. The van der Waals surface area contributed by atoms with Crippen LogP contribution in [0.4, 0.5) is 8.78 Å². The number of hydrogen-bond acceptors (Lipinski definition) is 3. The molecule has 0 radical (unpaired) electrons. The predicted octanol–water partition coefficient (Wildman–Crippen LogP) is 4.02. The van der Waals surface area contributed by atoms with Crippen molar-refractivity contribution in [3.8, 4) is 5.75 Å². The van der Waals surface area contributed by atoms with E-state index in [1.807, 2.05) is 17.5 Å². The molecule has 0 amide bonds. The lowest BCUT2D eigenvalue weighted by atomic mass is 10.0. The van der Waals surface area contributed by atoms with Crippen LogP contribution in [-0.4, -0.2) is 11.7 Å². The Morgan fingerprint density at radius 1 is 1.16 bits per heavy atom. The first-order chi connectivity index (χ1) is 9.15. The van der Waals surface area contributed by atoms with Gasteiger partial charge >= 0.3 is 6.61 Å². The number of aliphatic hydroxyl groups is 1. The fourth-order valence-corrected chi connectivity index (χ4v) is 2.50. The lowest BCUT2D eigenvalue weighted by molar-refractivity contribution is -0.0498. The predicted molar refractivity (Wildman–Crippen MR) is 70.7 cm³/mol. The van der Waals surface area contributed by atoms with Crippen LogP contribution in [0.15, 0.2) is 41.8 Å². The van der Waals surface area contributed by atoms with Gasteiger partial charge in [-0.2, -0.15) is 8.78 Å². The molecule has 1 N–H and O–H groups in total. The minimum Gasteiger partial charge on any atom is -0.435 e. The topological polar surface area (TPSA) is 29.5 Å². The van der Waals surface area contributed by atoms with Crippen molar-refractivity contribution >= 4 is 11.3 Å². The van der Waals surface area contributed by atoms with Crippen molar-refractivity contribution in [1.82, 2.24) is 0 Å². The molecule has 1 aromatic heterocycles. The molecule has 19 heavy (non-hydrogen) atoms. The van der Waals surface area contributed by atoms with Crippen LogP contribution in [-0.2, 0) is 6.42 Å². The fourth-order valence-electron chi connectivity index (χ4n) is 1.77. The Hall–Kier alpha value is -1.46. The molecule has 1 heterocycles. The smallest absolute Gasteiger partial charge is 0.387 e. The highest BCUT2D eigenvalue weighted by Crippen LogP contribution is 2.23. The lowest BCUT2D eigenvalue weighted by Crippen LogP contribution is -2.03. The van der Waals surface area contributed by atoms with Crippen molar-refractivity contribution in [2.45, 2.75) is 25.6 Å². The van der Waals surface area contributed by atoms with Gasteiger partial charge in [-0.25, -0.2) is 0 Å². The molecule has 2 nitrogen and oxygen atoms in total. The molecule has 1 unspecified atom stereocenters. The van der Waals surface area contributed by atoms with Gasteiger partial charge in [-0.15, -0.1) is 11.3 Å². The maximum atomic E-state index is 12.0. The number of benzene rings is 1. The molecule has 2 rings (SSSR count). The van der Waals surface area contributed by atoms with E-state index in [9.17, 15) is 13.9 Å². The van der Waals surface area contributed by atoms with E-state index in [4.69, 9.17) is 0 Å². The molecule has 5 heteroatoms. The zero-order valence-electron chi connectivity index (χ0n) is 10.1. The maximum absolute atomic E-state index is 12.0. The quantitative estimate of drug-likeness (QED) is 0.868. The van der Waals surface area contributed by atoms with Crippen LogP contribution in [0.5, 0.6) is 5.75 Å². The third kappa shape index (κ3) is 4.29. The standard InChI is InChI=1S/C14H14F2O2S/c15-14(16)18-11-5-3-10(4-6-11)13(17)8-7-12-2-1-9-19-12/h1-6,9,13-14,17H,7-8H2. The number of aryl methyl sites for hydroxylation is 1. The molecular weight excluding hydrogens is 270 g/mol. The van der Waals surface area contributed by atoms with Crippen molar-refractivity contribution in [2.75, 3.05) is 0 Å². The maximum Gasteiger partial charge on any atom is 0.387 e. The van der Waals surface area contributed by atoms with Gasteiger partial charge < -0.3 is 9.84 Å². The first kappa shape index (κ1) is 14.0. The van der Waals surface area contributed by atoms with Gasteiger partial charge in [-0.1, -0.05) is 18.2 Å². The summed E-state index contributed by atoms with van der Waals surface area (Å²) in [5.74, 6) is 0.101. The summed E-state index contributed by atoms with van der Waals surface area (Å²) in [5, 5.41) is 12.0. The summed E-state index contributed by atoms with van der Waals surface area (Å²) in [6.07, 6.45) is 0.812. The first-order valence-electron chi connectivity index (χ1n) is 5.90. The largest absolute Gasteiger partial charge is 0.435 e. The molecule has 0 spiro atoms. The Kier molecular flexibility index (Phi) is 4.87. The number of rotatable bonds is 6. The molecule has 2 aromatic rings. The number of alkyl halides is 2. The summed E-state index contributed by atoms with van der Waals surface area (Å²) in [7, 11) is 0. The fraction of sp³-hybridized carbons (Fsp3) is 0.286. The third-order valence-corrected chi connectivity index (χ3v) is 3.67. The molecule has 1 atom stereocenters. The molecule has 102 valence electrons. The number of aliphatic hydroxyl groups excluding tert-OH is 1. The van der Waals surface area contributed by atoms with Gasteiger partial charge in [0.1, 0.15) is 5.75 Å². The van der Waals surface area contributed by atoms with Gasteiger partial charge in [0, 0.05) is 4.88 Å². The molecule has 0 aliphatic carbocycles. The van der Waals surface area contributed by atoms with E-state index >= 15 is 0 Å². The van der Waals surface area contributed by atoms with Crippen LogP contribution in [0.25, 0.3) is 0 Å². The van der Waals surface area contributed by atoms with Crippen molar-refractivity contribution in [2.24, 2.45) is 0 Å². The van der Waals surface area contributed by atoms with E-state index in [-0.39, 0.29) is 5.75 Å². The monoisotopic (exact) mass is 284 g/mol. The van der Waals surface area contributed by atoms with E-state index in [2.05, 4.69) is 4.74 Å². The van der Waals surface area contributed by atoms with E-state index in [0.29, 0.717) is 12.0 Å². The SMILES string of the molecule is OC(CCc1cccs1)c1ccc(OC(F)F)cc1. The number of thiophene rings is 1. The average molecular weight is 284 g/mol. The van der Waals surface area contributed by atoms with Crippen molar-refractivity contribution < 1.29 is 18.6 Å².